The quantitative estimate of drug-likeness (QED) is 0.241. The van der Waals surface area contributed by atoms with Crippen molar-refractivity contribution in [1.29, 1.82) is 0 Å². The van der Waals surface area contributed by atoms with E-state index in [0.717, 1.165) is 20.5 Å². The van der Waals surface area contributed by atoms with Crippen LogP contribution in [0.25, 0.3) is 17.4 Å². The molecule has 0 fully saturated rings. The number of aromatic nitrogens is 1. The number of esters is 1. The third-order valence-corrected chi connectivity index (χ3v) is 8.09. The Morgan fingerprint density at radius 2 is 1.97 bits per heavy atom. The second-order valence-electron chi connectivity index (χ2n) is 8.06. The first-order valence-electron chi connectivity index (χ1n) is 11.0. The van der Waals surface area contributed by atoms with Gasteiger partial charge >= 0.3 is 5.97 Å². The van der Waals surface area contributed by atoms with Crippen molar-refractivity contribution in [1.82, 2.24) is 4.57 Å². The summed E-state index contributed by atoms with van der Waals surface area (Å²) in [7, 11) is 1.33. The highest BCUT2D eigenvalue weighted by Crippen LogP contribution is 2.31. The van der Waals surface area contributed by atoms with E-state index in [4.69, 9.17) is 9.15 Å². The maximum absolute atomic E-state index is 13.7. The van der Waals surface area contributed by atoms with Crippen LogP contribution in [0.2, 0.25) is 0 Å². The topological polar surface area (TPSA) is 73.8 Å². The van der Waals surface area contributed by atoms with Crippen LogP contribution in [0, 0.1) is 0 Å². The molecule has 0 spiro atoms. The van der Waals surface area contributed by atoms with Crippen LogP contribution < -0.4 is 14.9 Å². The molecule has 0 radical (unpaired) electrons. The predicted octanol–water partition coefficient (Wildman–Crippen LogP) is 5.15. The number of ether oxygens (including phenoxy) is 1. The Balaban J connectivity index is 1.64. The number of methoxy groups -OCH3 is 1. The Bertz CT molecular complexity index is 1680. The molecule has 1 aliphatic heterocycles. The fourth-order valence-corrected chi connectivity index (χ4v) is 5.98. The zero-order valence-electron chi connectivity index (χ0n) is 19.7. The van der Waals surface area contributed by atoms with Crippen molar-refractivity contribution in [2.45, 2.75) is 17.9 Å². The van der Waals surface area contributed by atoms with Gasteiger partial charge in [-0.15, -0.1) is 11.8 Å². The molecule has 2 aromatic heterocycles. The van der Waals surface area contributed by atoms with Crippen molar-refractivity contribution in [3.63, 3.8) is 0 Å². The Labute approximate surface area is 223 Å². The number of furan rings is 1. The van der Waals surface area contributed by atoms with Crippen LogP contribution in [0.15, 0.2) is 95.5 Å². The molecule has 2 aromatic carbocycles. The lowest BCUT2D eigenvalue weighted by Crippen LogP contribution is -2.39. The second-order valence-corrected chi connectivity index (χ2v) is 10.9. The molecule has 6 nitrogen and oxygen atoms in total. The molecule has 1 unspecified atom stereocenters. The summed E-state index contributed by atoms with van der Waals surface area (Å²) < 4.78 is 14.1. The first-order chi connectivity index (χ1) is 17.4. The number of thiazole rings is 1. The van der Waals surface area contributed by atoms with Gasteiger partial charge in [-0.2, -0.15) is 0 Å². The predicted molar refractivity (Wildman–Crippen MR) is 146 cm³/mol. The third-order valence-electron chi connectivity index (χ3n) is 5.87. The molecule has 36 heavy (non-hydrogen) atoms. The van der Waals surface area contributed by atoms with E-state index in [-0.39, 0.29) is 5.56 Å². The Morgan fingerprint density at radius 1 is 1.19 bits per heavy atom. The molecule has 0 N–H and O–H groups in total. The van der Waals surface area contributed by atoms with Crippen molar-refractivity contribution in [3.8, 4) is 11.3 Å². The summed E-state index contributed by atoms with van der Waals surface area (Å²) in [6, 6.07) is 18.7. The van der Waals surface area contributed by atoms with Crippen LogP contribution in [0.3, 0.4) is 0 Å². The summed E-state index contributed by atoms with van der Waals surface area (Å²) in [5.74, 6) is 0.750. The minimum Gasteiger partial charge on any atom is -0.466 e. The first kappa shape index (κ1) is 24.5. The molecule has 1 aliphatic rings. The van der Waals surface area contributed by atoms with Gasteiger partial charge in [0.25, 0.3) is 5.56 Å². The molecule has 4 aromatic rings. The van der Waals surface area contributed by atoms with E-state index < -0.39 is 12.0 Å². The molecule has 0 saturated heterocycles. The normalized spacial score (nSPS) is 15.6. The number of fused-ring (bicyclic) bond motifs is 1. The highest BCUT2D eigenvalue weighted by molar-refractivity contribution is 9.10. The summed E-state index contributed by atoms with van der Waals surface area (Å²) in [6.45, 7) is 1.77. The van der Waals surface area contributed by atoms with Gasteiger partial charge in [-0.1, -0.05) is 51.5 Å². The van der Waals surface area contributed by atoms with Gasteiger partial charge in [-0.25, -0.2) is 9.79 Å². The van der Waals surface area contributed by atoms with Gasteiger partial charge in [0.05, 0.1) is 29.0 Å². The minimum atomic E-state index is -0.638. The standard InChI is InChI=1S/C27H21BrN2O4S2/c1-15-23(26(32)33-2)24(16-7-10-20(35-3)11-8-16)30-25(31)22(36-27(30)29-15)14-19-9-12-21(34-19)17-5-4-6-18(28)13-17/h4-14,24H,1-3H3. The third kappa shape index (κ3) is 4.54. The molecular formula is C27H21BrN2O4S2. The molecule has 182 valence electrons. The number of rotatable bonds is 5. The summed E-state index contributed by atoms with van der Waals surface area (Å²) in [4.78, 5) is 32.6. The minimum absolute atomic E-state index is 0.244. The number of hydrogen-bond acceptors (Lipinski definition) is 7. The molecule has 0 bridgehead atoms. The van der Waals surface area contributed by atoms with E-state index >= 15 is 0 Å². The first-order valence-corrected chi connectivity index (χ1v) is 13.8. The second kappa shape index (κ2) is 10.1. The van der Waals surface area contributed by atoms with Gasteiger partial charge in [0.1, 0.15) is 11.5 Å². The van der Waals surface area contributed by atoms with E-state index in [1.807, 2.05) is 66.9 Å². The molecule has 0 amide bonds. The highest BCUT2D eigenvalue weighted by Gasteiger charge is 2.33. The monoisotopic (exact) mass is 580 g/mol. The fraction of sp³-hybridized carbons (Fsp3) is 0.148. The lowest BCUT2D eigenvalue weighted by molar-refractivity contribution is -0.136. The summed E-state index contributed by atoms with van der Waals surface area (Å²) in [5, 5.41) is 0. The van der Waals surface area contributed by atoms with Gasteiger partial charge in [0.2, 0.25) is 0 Å². The molecule has 1 atom stereocenters. The van der Waals surface area contributed by atoms with Crippen LogP contribution in [0.1, 0.15) is 24.3 Å². The largest absolute Gasteiger partial charge is 0.466 e. The Morgan fingerprint density at radius 3 is 2.67 bits per heavy atom. The maximum Gasteiger partial charge on any atom is 0.338 e. The average Bonchev–Trinajstić information content (AvgIpc) is 3.47. The van der Waals surface area contributed by atoms with Gasteiger partial charge < -0.3 is 9.15 Å². The van der Waals surface area contributed by atoms with Crippen LogP contribution in [-0.4, -0.2) is 23.9 Å². The molecule has 0 saturated carbocycles. The van der Waals surface area contributed by atoms with E-state index in [1.54, 1.807) is 29.3 Å². The summed E-state index contributed by atoms with van der Waals surface area (Å²) in [5.41, 5.74) is 2.38. The summed E-state index contributed by atoms with van der Waals surface area (Å²) in [6.07, 6.45) is 3.72. The van der Waals surface area contributed by atoms with Gasteiger partial charge in [-0.3, -0.25) is 9.36 Å². The number of thioether (sulfide) groups is 1. The van der Waals surface area contributed by atoms with Crippen molar-refractivity contribution in [2.75, 3.05) is 13.4 Å². The zero-order chi connectivity index (χ0) is 25.4. The maximum atomic E-state index is 13.7. The Kier molecular flexibility index (Phi) is 6.87. The van der Waals surface area contributed by atoms with E-state index in [1.165, 1.54) is 18.4 Å². The van der Waals surface area contributed by atoms with Crippen LogP contribution in [-0.2, 0) is 9.53 Å². The number of hydrogen-bond donors (Lipinski definition) is 0. The van der Waals surface area contributed by atoms with Gasteiger partial charge in [0, 0.05) is 21.0 Å². The molecule has 9 heteroatoms. The van der Waals surface area contributed by atoms with Crippen LogP contribution in [0.5, 0.6) is 0 Å². The highest BCUT2D eigenvalue weighted by atomic mass is 79.9. The van der Waals surface area contributed by atoms with Crippen LogP contribution in [0.4, 0.5) is 0 Å². The summed E-state index contributed by atoms with van der Waals surface area (Å²) >= 11 is 6.37. The molecular weight excluding hydrogens is 560 g/mol. The number of allylic oxidation sites excluding steroid dienone is 1. The van der Waals surface area contributed by atoms with Crippen molar-refractivity contribution < 1.29 is 13.9 Å². The Hall–Kier alpha value is -3.14. The lowest BCUT2D eigenvalue weighted by atomic mass is 9.96. The van der Waals surface area contributed by atoms with E-state index in [9.17, 15) is 9.59 Å². The van der Waals surface area contributed by atoms with Crippen molar-refractivity contribution in [3.05, 3.63) is 107 Å². The molecule has 5 rings (SSSR count). The van der Waals surface area contributed by atoms with E-state index in [2.05, 4.69) is 20.9 Å². The lowest BCUT2D eigenvalue weighted by Gasteiger charge is -2.24. The molecule has 0 aliphatic carbocycles. The SMILES string of the molecule is COC(=O)C1=C(C)N=c2sc(=Cc3ccc(-c4cccc(Br)c4)o3)c(=O)n2C1c1ccc(SC)cc1. The smallest absolute Gasteiger partial charge is 0.338 e. The zero-order valence-corrected chi connectivity index (χ0v) is 22.9. The number of benzene rings is 2. The number of halogens is 1. The van der Waals surface area contributed by atoms with Crippen molar-refractivity contribution >= 4 is 51.1 Å². The van der Waals surface area contributed by atoms with Crippen LogP contribution >= 0.6 is 39.0 Å². The van der Waals surface area contributed by atoms with Gasteiger partial charge in [0.15, 0.2) is 4.80 Å². The average molecular weight is 582 g/mol. The number of carbonyl (C=O) groups is 1. The fourth-order valence-electron chi connectivity index (χ4n) is 4.15. The van der Waals surface area contributed by atoms with E-state index in [0.29, 0.717) is 32.1 Å². The number of nitrogens with zero attached hydrogens (tertiary/aromatic N) is 2. The van der Waals surface area contributed by atoms with Gasteiger partial charge in [-0.05, 0) is 55.1 Å². The molecule has 3 heterocycles. The van der Waals surface area contributed by atoms with Crippen molar-refractivity contribution in [2.24, 2.45) is 4.99 Å². The number of carbonyl (C=O) groups excluding carboxylic acids is 1.